The molecular formula is C43H35F3. The summed E-state index contributed by atoms with van der Waals surface area (Å²) in [6.45, 7) is 5.59. The molecule has 0 nitrogen and oxygen atoms in total. The van der Waals surface area contributed by atoms with Gasteiger partial charge in [-0.05, 0) is 125 Å². The maximum atomic E-state index is 14.4. The van der Waals surface area contributed by atoms with Gasteiger partial charge in [0.05, 0.1) is 5.56 Å². The zero-order valence-electron chi connectivity index (χ0n) is 26.4. The standard InChI is InChI=1S/C43H35F3/c1-4-5-35-24-29(3)40(44)27-39(35)18-12-31-8-14-33(15-9-31)37-21-20-36-25-32(13-19-38(36)26-37)7-6-30-10-16-34(17-11-30)43-41(45)22-28(2)23-42(43)46/h8-11,13-17,19-27H,4-7H2,1-3H3. The molecule has 3 heteroatoms. The van der Waals surface area contributed by atoms with E-state index in [1.54, 1.807) is 32.0 Å². The Morgan fingerprint density at radius 1 is 0.522 bits per heavy atom. The molecule has 6 aromatic rings. The maximum Gasteiger partial charge on any atom is 0.134 e. The molecule has 0 heterocycles. The minimum atomic E-state index is -0.538. The van der Waals surface area contributed by atoms with Gasteiger partial charge in [0.2, 0.25) is 0 Å². The van der Waals surface area contributed by atoms with Gasteiger partial charge < -0.3 is 0 Å². The Morgan fingerprint density at radius 3 is 1.85 bits per heavy atom. The predicted molar refractivity (Wildman–Crippen MR) is 184 cm³/mol. The number of benzene rings is 6. The SMILES string of the molecule is CCCc1cc(C)c(F)cc1C#Cc1ccc(-c2ccc3cc(CCc4ccc(-c5c(F)cc(C)cc5F)cc4)ccc3c2)cc1. The van der Waals surface area contributed by atoms with Crippen LogP contribution in [0.2, 0.25) is 0 Å². The molecule has 0 fully saturated rings. The van der Waals surface area contributed by atoms with Gasteiger partial charge in [0, 0.05) is 11.1 Å². The first-order chi connectivity index (χ1) is 22.3. The van der Waals surface area contributed by atoms with E-state index < -0.39 is 11.6 Å². The fourth-order valence-electron chi connectivity index (χ4n) is 5.95. The topological polar surface area (TPSA) is 0 Å². The Morgan fingerprint density at radius 2 is 1.13 bits per heavy atom. The number of aryl methyl sites for hydroxylation is 5. The number of halogens is 3. The van der Waals surface area contributed by atoms with Gasteiger partial charge in [-0.1, -0.05) is 98.0 Å². The average Bonchev–Trinajstić information content (AvgIpc) is 3.05. The monoisotopic (exact) mass is 608 g/mol. The third-order valence-electron chi connectivity index (χ3n) is 8.50. The van der Waals surface area contributed by atoms with Crippen molar-refractivity contribution in [1.29, 1.82) is 0 Å². The van der Waals surface area contributed by atoms with Crippen LogP contribution < -0.4 is 0 Å². The summed E-state index contributed by atoms with van der Waals surface area (Å²) in [5.41, 5.74) is 9.12. The van der Waals surface area contributed by atoms with Gasteiger partial charge in [-0.15, -0.1) is 0 Å². The van der Waals surface area contributed by atoms with E-state index in [1.807, 2.05) is 30.3 Å². The Balaban J connectivity index is 1.12. The molecule has 6 rings (SSSR count). The van der Waals surface area contributed by atoms with Crippen molar-refractivity contribution in [3.05, 3.63) is 166 Å². The number of hydrogen-bond acceptors (Lipinski definition) is 0. The first-order valence-electron chi connectivity index (χ1n) is 15.8. The van der Waals surface area contributed by atoms with E-state index in [9.17, 15) is 13.2 Å². The van der Waals surface area contributed by atoms with Crippen LogP contribution in [0.25, 0.3) is 33.0 Å². The van der Waals surface area contributed by atoms with Gasteiger partial charge in [0.15, 0.2) is 0 Å². The molecule has 0 bridgehead atoms. The van der Waals surface area contributed by atoms with E-state index in [4.69, 9.17) is 0 Å². The largest absolute Gasteiger partial charge is 0.207 e. The van der Waals surface area contributed by atoms with E-state index in [-0.39, 0.29) is 11.4 Å². The van der Waals surface area contributed by atoms with Crippen molar-refractivity contribution in [3.8, 4) is 34.1 Å². The summed E-state index contributed by atoms with van der Waals surface area (Å²) in [5, 5.41) is 2.35. The molecule has 0 aliphatic heterocycles. The van der Waals surface area contributed by atoms with E-state index in [0.29, 0.717) is 16.7 Å². The van der Waals surface area contributed by atoms with E-state index in [2.05, 4.69) is 67.3 Å². The van der Waals surface area contributed by atoms with Crippen molar-refractivity contribution in [2.75, 3.05) is 0 Å². The zero-order valence-corrected chi connectivity index (χ0v) is 26.4. The summed E-state index contributed by atoms with van der Waals surface area (Å²) in [6, 6.07) is 34.9. The Labute approximate surface area is 269 Å². The molecule has 46 heavy (non-hydrogen) atoms. The molecule has 0 atom stereocenters. The van der Waals surface area contributed by atoms with Crippen molar-refractivity contribution in [2.24, 2.45) is 0 Å². The summed E-state index contributed by atoms with van der Waals surface area (Å²) in [6.07, 6.45) is 3.56. The summed E-state index contributed by atoms with van der Waals surface area (Å²) in [4.78, 5) is 0. The van der Waals surface area contributed by atoms with Crippen LogP contribution in [-0.4, -0.2) is 0 Å². The third-order valence-corrected chi connectivity index (χ3v) is 8.50. The molecule has 0 spiro atoms. The third kappa shape index (κ3) is 6.93. The fourth-order valence-corrected chi connectivity index (χ4v) is 5.95. The van der Waals surface area contributed by atoms with E-state index in [0.717, 1.165) is 59.1 Å². The lowest BCUT2D eigenvalue weighted by Crippen LogP contribution is -1.94. The molecule has 0 radical (unpaired) electrons. The van der Waals surface area contributed by atoms with Crippen LogP contribution in [0.3, 0.4) is 0 Å². The highest BCUT2D eigenvalue weighted by molar-refractivity contribution is 5.88. The second-order valence-electron chi connectivity index (χ2n) is 12.0. The molecule has 0 unspecified atom stereocenters. The summed E-state index contributed by atoms with van der Waals surface area (Å²) < 4.78 is 43.0. The van der Waals surface area contributed by atoms with Gasteiger partial charge in [0.25, 0.3) is 0 Å². The minimum absolute atomic E-state index is 0.0208. The molecule has 0 aliphatic carbocycles. The van der Waals surface area contributed by atoms with E-state index >= 15 is 0 Å². The first-order valence-corrected chi connectivity index (χ1v) is 15.8. The van der Waals surface area contributed by atoms with Crippen molar-refractivity contribution in [2.45, 2.75) is 46.5 Å². The van der Waals surface area contributed by atoms with Crippen LogP contribution in [0.5, 0.6) is 0 Å². The Kier molecular flexibility index (Phi) is 9.08. The molecule has 0 saturated carbocycles. The number of rotatable bonds is 7. The average molecular weight is 609 g/mol. The van der Waals surface area contributed by atoms with Crippen LogP contribution in [0.4, 0.5) is 13.2 Å². The second kappa shape index (κ2) is 13.5. The maximum absolute atomic E-state index is 14.4. The Hall–Kier alpha value is -5.07. The molecule has 0 aromatic heterocycles. The highest BCUT2D eigenvalue weighted by Gasteiger charge is 2.12. The number of fused-ring (bicyclic) bond motifs is 1. The quantitative estimate of drug-likeness (QED) is 0.158. The normalized spacial score (nSPS) is 11.0. The molecule has 0 N–H and O–H groups in total. The smallest absolute Gasteiger partial charge is 0.134 e. The lowest BCUT2D eigenvalue weighted by Gasteiger charge is -2.09. The summed E-state index contributed by atoms with van der Waals surface area (Å²) in [7, 11) is 0. The van der Waals surface area contributed by atoms with Crippen LogP contribution in [0.15, 0.2) is 109 Å². The van der Waals surface area contributed by atoms with Crippen molar-refractivity contribution < 1.29 is 13.2 Å². The highest BCUT2D eigenvalue weighted by atomic mass is 19.1. The molecular weight excluding hydrogens is 573 g/mol. The van der Waals surface area contributed by atoms with Gasteiger partial charge in [-0.25, -0.2) is 13.2 Å². The van der Waals surface area contributed by atoms with Crippen LogP contribution in [-0.2, 0) is 19.3 Å². The van der Waals surface area contributed by atoms with Gasteiger partial charge in [0.1, 0.15) is 17.5 Å². The minimum Gasteiger partial charge on any atom is -0.207 e. The van der Waals surface area contributed by atoms with Gasteiger partial charge in [-0.2, -0.15) is 0 Å². The first kappa shape index (κ1) is 30.9. The molecule has 0 saturated heterocycles. The van der Waals surface area contributed by atoms with Gasteiger partial charge in [-0.3, -0.25) is 0 Å². The fraction of sp³-hybridized carbons (Fsp3) is 0.163. The Bertz CT molecular complexity index is 2070. The van der Waals surface area contributed by atoms with E-state index in [1.165, 1.54) is 28.5 Å². The molecule has 0 amide bonds. The van der Waals surface area contributed by atoms with Crippen LogP contribution in [0.1, 0.15) is 52.3 Å². The molecule has 6 aromatic carbocycles. The van der Waals surface area contributed by atoms with Crippen molar-refractivity contribution >= 4 is 10.8 Å². The zero-order chi connectivity index (χ0) is 32.2. The van der Waals surface area contributed by atoms with Crippen molar-refractivity contribution in [1.82, 2.24) is 0 Å². The number of hydrogen-bond donors (Lipinski definition) is 0. The predicted octanol–water partition coefficient (Wildman–Crippen LogP) is 11.3. The lowest BCUT2D eigenvalue weighted by atomic mass is 9.96. The van der Waals surface area contributed by atoms with Crippen molar-refractivity contribution in [3.63, 3.8) is 0 Å². The molecule has 0 aliphatic rings. The van der Waals surface area contributed by atoms with Crippen LogP contribution in [0, 0.1) is 43.1 Å². The second-order valence-corrected chi connectivity index (χ2v) is 12.0. The molecule has 228 valence electrons. The lowest BCUT2D eigenvalue weighted by molar-refractivity contribution is 0.587. The highest BCUT2D eigenvalue weighted by Crippen LogP contribution is 2.29. The summed E-state index contributed by atoms with van der Waals surface area (Å²) >= 11 is 0. The summed E-state index contributed by atoms with van der Waals surface area (Å²) in [5.74, 6) is 5.11. The van der Waals surface area contributed by atoms with Gasteiger partial charge >= 0.3 is 0 Å². The van der Waals surface area contributed by atoms with Crippen LogP contribution >= 0.6 is 0 Å².